The second kappa shape index (κ2) is 5.41. The average Bonchev–Trinajstić information content (AvgIpc) is 2.98. The SMILES string of the molecule is [CH2]c1c(-c2csc([N+](=O)[O-])c2)cccc1-c1cnccn1. The molecule has 0 N–H and O–H groups in total. The summed E-state index contributed by atoms with van der Waals surface area (Å²) in [6.45, 7) is 4.09. The predicted octanol–water partition coefficient (Wildman–Crippen LogP) is 3.96. The zero-order valence-electron chi connectivity index (χ0n) is 10.9. The molecule has 0 bridgehead atoms. The van der Waals surface area contributed by atoms with E-state index in [4.69, 9.17) is 0 Å². The highest BCUT2D eigenvalue weighted by Gasteiger charge is 2.14. The van der Waals surface area contributed by atoms with Crippen LogP contribution in [0, 0.1) is 17.0 Å². The lowest BCUT2D eigenvalue weighted by molar-refractivity contribution is -0.380. The second-order valence-electron chi connectivity index (χ2n) is 4.35. The molecular formula is C15H10N3O2S. The fourth-order valence-corrected chi connectivity index (χ4v) is 2.82. The molecule has 2 heterocycles. The minimum absolute atomic E-state index is 0.120. The number of nitro groups is 1. The molecule has 0 saturated heterocycles. The van der Waals surface area contributed by atoms with E-state index in [-0.39, 0.29) is 9.92 Å². The highest BCUT2D eigenvalue weighted by molar-refractivity contribution is 7.13. The Hall–Kier alpha value is -2.60. The number of benzene rings is 1. The van der Waals surface area contributed by atoms with Gasteiger partial charge in [0.05, 0.1) is 16.8 Å². The number of hydrogen-bond acceptors (Lipinski definition) is 5. The minimum atomic E-state index is -0.385. The lowest BCUT2D eigenvalue weighted by Gasteiger charge is -2.09. The van der Waals surface area contributed by atoms with Gasteiger partial charge >= 0.3 is 5.00 Å². The molecule has 3 rings (SSSR count). The Balaban J connectivity index is 2.10. The van der Waals surface area contributed by atoms with Gasteiger partial charge in [-0.25, -0.2) is 0 Å². The summed E-state index contributed by atoms with van der Waals surface area (Å²) < 4.78 is 0. The Bertz CT molecular complexity index is 800. The summed E-state index contributed by atoms with van der Waals surface area (Å²) in [4.78, 5) is 18.7. The van der Waals surface area contributed by atoms with Gasteiger partial charge in [-0.1, -0.05) is 29.5 Å². The summed E-state index contributed by atoms with van der Waals surface area (Å²) in [5.41, 5.74) is 4.04. The van der Waals surface area contributed by atoms with Crippen molar-refractivity contribution in [1.82, 2.24) is 9.97 Å². The van der Waals surface area contributed by atoms with E-state index in [0.29, 0.717) is 0 Å². The molecule has 0 aliphatic heterocycles. The van der Waals surface area contributed by atoms with Crippen LogP contribution in [0.15, 0.2) is 48.2 Å². The zero-order chi connectivity index (χ0) is 14.8. The van der Waals surface area contributed by atoms with Gasteiger partial charge in [-0.2, -0.15) is 0 Å². The zero-order valence-corrected chi connectivity index (χ0v) is 11.7. The number of hydrogen-bond donors (Lipinski definition) is 0. The number of rotatable bonds is 3. The van der Waals surface area contributed by atoms with E-state index >= 15 is 0 Å². The Morgan fingerprint density at radius 3 is 2.71 bits per heavy atom. The van der Waals surface area contributed by atoms with Gasteiger partial charge in [0.1, 0.15) is 0 Å². The summed E-state index contributed by atoms with van der Waals surface area (Å²) in [7, 11) is 0. The maximum absolute atomic E-state index is 10.8. The van der Waals surface area contributed by atoms with Crippen molar-refractivity contribution in [1.29, 1.82) is 0 Å². The minimum Gasteiger partial charge on any atom is -0.261 e. The summed E-state index contributed by atoms with van der Waals surface area (Å²) in [6.07, 6.45) is 4.90. The second-order valence-corrected chi connectivity index (χ2v) is 5.24. The monoisotopic (exact) mass is 296 g/mol. The molecule has 0 atom stereocenters. The van der Waals surface area contributed by atoms with Gasteiger partial charge in [0, 0.05) is 29.4 Å². The van der Waals surface area contributed by atoms with Crippen LogP contribution in [0.5, 0.6) is 0 Å². The number of thiophene rings is 1. The van der Waals surface area contributed by atoms with Crippen molar-refractivity contribution in [3.05, 3.63) is 70.8 Å². The number of aromatic nitrogens is 2. The average molecular weight is 296 g/mol. The van der Waals surface area contributed by atoms with Crippen LogP contribution in [0.1, 0.15) is 5.56 Å². The predicted molar refractivity (Wildman–Crippen MR) is 81.9 cm³/mol. The fraction of sp³-hybridized carbons (Fsp3) is 0. The summed E-state index contributed by atoms with van der Waals surface area (Å²) in [5.74, 6) is 0. The summed E-state index contributed by atoms with van der Waals surface area (Å²) in [6, 6.07) is 7.26. The molecule has 3 aromatic rings. The summed E-state index contributed by atoms with van der Waals surface area (Å²) in [5, 5.41) is 12.7. The molecule has 103 valence electrons. The first-order valence-electron chi connectivity index (χ1n) is 6.11. The van der Waals surface area contributed by atoms with Crippen molar-refractivity contribution >= 4 is 16.3 Å². The third kappa shape index (κ3) is 2.53. The Kier molecular flexibility index (Phi) is 3.45. The lowest BCUT2D eigenvalue weighted by atomic mass is 9.97. The highest BCUT2D eigenvalue weighted by atomic mass is 32.1. The maximum Gasteiger partial charge on any atom is 0.324 e. The molecule has 1 aromatic carbocycles. The first-order valence-corrected chi connectivity index (χ1v) is 6.99. The van der Waals surface area contributed by atoms with E-state index in [1.54, 1.807) is 30.0 Å². The Labute approximate surface area is 125 Å². The van der Waals surface area contributed by atoms with E-state index in [2.05, 4.69) is 16.9 Å². The van der Waals surface area contributed by atoms with Crippen molar-refractivity contribution in [2.75, 3.05) is 0 Å². The van der Waals surface area contributed by atoms with Gasteiger partial charge in [-0.05, 0) is 23.6 Å². The summed E-state index contributed by atoms with van der Waals surface area (Å²) >= 11 is 1.11. The van der Waals surface area contributed by atoms with E-state index in [0.717, 1.165) is 39.3 Å². The molecule has 6 heteroatoms. The molecule has 0 spiro atoms. The molecule has 0 amide bonds. The normalized spacial score (nSPS) is 10.5. The smallest absolute Gasteiger partial charge is 0.261 e. The van der Waals surface area contributed by atoms with Crippen molar-refractivity contribution in [2.24, 2.45) is 0 Å². The molecular weight excluding hydrogens is 286 g/mol. The van der Waals surface area contributed by atoms with Crippen molar-refractivity contribution < 1.29 is 4.92 Å². The van der Waals surface area contributed by atoms with Crippen LogP contribution >= 0.6 is 11.3 Å². The Morgan fingerprint density at radius 1 is 1.24 bits per heavy atom. The Morgan fingerprint density at radius 2 is 2.05 bits per heavy atom. The van der Waals surface area contributed by atoms with Gasteiger partial charge < -0.3 is 0 Å². The molecule has 0 aliphatic carbocycles. The van der Waals surface area contributed by atoms with E-state index in [1.165, 1.54) is 0 Å². The quantitative estimate of drug-likeness (QED) is 0.542. The van der Waals surface area contributed by atoms with Gasteiger partial charge in [0.25, 0.3) is 0 Å². The van der Waals surface area contributed by atoms with Crippen LogP contribution in [0.25, 0.3) is 22.4 Å². The van der Waals surface area contributed by atoms with Crippen molar-refractivity contribution in [2.45, 2.75) is 0 Å². The van der Waals surface area contributed by atoms with Crippen LogP contribution in [-0.4, -0.2) is 14.9 Å². The molecule has 0 unspecified atom stereocenters. The maximum atomic E-state index is 10.8. The van der Waals surface area contributed by atoms with E-state index in [1.807, 2.05) is 18.2 Å². The fourth-order valence-electron chi connectivity index (χ4n) is 2.10. The first-order chi connectivity index (χ1) is 10.2. The van der Waals surface area contributed by atoms with Crippen molar-refractivity contribution in [3.63, 3.8) is 0 Å². The first kappa shape index (κ1) is 13.4. The topological polar surface area (TPSA) is 68.9 Å². The third-order valence-corrected chi connectivity index (χ3v) is 3.97. The van der Waals surface area contributed by atoms with Crippen LogP contribution in [0.4, 0.5) is 5.00 Å². The van der Waals surface area contributed by atoms with Gasteiger partial charge in [-0.15, -0.1) is 0 Å². The number of nitrogens with zero attached hydrogens (tertiary/aromatic N) is 3. The molecule has 21 heavy (non-hydrogen) atoms. The van der Waals surface area contributed by atoms with Crippen LogP contribution < -0.4 is 0 Å². The van der Waals surface area contributed by atoms with Crippen LogP contribution in [0.2, 0.25) is 0 Å². The largest absolute Gasteiger partial charge is 0.324 e. The van der Waals surface area contributed by atoms with Crippen molar-refractivity contribution in [3.8, 4) is 22.4 Å². The molecule has 2 aromatic heterocycles. The lowest BCUT2D eigenvalue weighted by Crippen LogP contribution is -1.90. The van der Waals surface area contributed by atoms with Crippen LogP contribution in [-0.2, 0) is 0 Å². The molecule has 0 aliphatic rings. The third-order valence-electron chi connectivity index (χ3n) is 3.09. The van der Waals surface area contributed by atoms with Gasteiger partial charge in [-0.3, -0.25) is 20.1 Å². The molecule has 5 nitrogen and oxygen atoms in total. The highest BCUT2D eigenvalue weighted by Crippen LogP contribution is 2.35. The van der Waals surface area contributed by atoms with Gasteiger partial charge in [0.2, 0.25) is 0 Å². The standard InChI is InChI=1S/C15H10N3O2S/c1-10-12(11-7-15(18(19)20)21-9-11)3-2-4-13(10)14-8-16-5-6-17-14/h2-9H,1H2. The van der Waals surface area contributed by atoms with Crippen LogP contribution in [0.3, 0.4) is 0 Å². The molecule has 0 fully saturated rings. The van der Waals surface area contributed by atoms with Gasteiger partial charge in [0.15, 0.2) is 0 Å². The van der Waals surface area contributed by atoms with E-state index < -0.39 is 0 Å². The molecule has 0 saturated carbocycles. The van der Waals surface area contributed by atoms with E-state index in [9.17, 15) is 10.1 Å². The molecule has 1 radical (unpaired) electrons.